The predicted molar refractivity (Wildman–Crippen MR) is 85.7 cm³/mol. The Morgan fingerprint density at radius 2 is 2.04 bits per heavy atom. The Labute approximate surface area is 134 Å². The Morgan fingerprint density at radius 1 is 1.26 bits per heavy atom. The van der Waals surface area contributed by atoms with Crippen LogP contribution in [0.2, 0.25) is 0 Å². The Kier molecular flexibility index (Phi) is 4.24. The monoisotopic (exact) mass is 330 g/mol. The average Bonchev–Trinajstić information content (AvgIpc) is 3.03. The van der Waals surface area contributed by atoms with E-state index in [1.807, 2.05) is 12.1 Å². The second-order valence-corrected chi connectivity index (χ2v) is 5.48. The molecule has 0 aliphatic carbocycles. The third-order valence-corrected chi connectivity index (χ3v) is 4.06. The van der Waals surface area contributed by atoms with Crippen molar-refractivity contribution < 1.29 is 9.31 Å². The first kappa shape index (κ1) is 15.0. The molecule has 116 valence electrons. The number of rotatable bonds is 5. The molecule has 23 heavy (non-hydrogen) atoms. The van der Waals surface area contributed by atoms with E-state index in [0.717, 1.165) is 10.6 Å². The number of pyridine rings is 1. The number of halogens is 1. The number of hydrogen-bond donors (Lipinski definition) is 1. The van der Waals surface area contributed by atoms with Gasteiger partial charge < -0.3 is 5.32 Å². The van der Waals surface area contributed by atoms with Gasteiger partial charge in [-0.15, -0.1) is 11.3 Å². The number of anilines is 1. The smallest absolute Gasteiger partial charge is 0.277 e. The Balaban J connectivity index is 1.78. The summed E-state index contributed by atoms with van der Waals surface area (Å²) in [7, 11) is 0. The van der Waals surface area contributed by atoms with Gasteiger partial charge in [0, 0.05) is 29.4 Å². The first-order valence-corrected chi connectivity index (χ1v) is 7.54. The fourth-order valence-corrected chi connectivity index (χ4v) is 2.84. The summed E-state index contributed by atoms with van der Waals surface area (Å²) >= 11 is 1.42. The van der Waals surface area contributed by atoms with Crippen LogP contribution in [0.3, 0.4) is 0 Å². The van der Waals surface area contributed by atoms with Gasteiger partial charge in [0.1, 0.15) is 16.6 Å². The highest BCUT2D eigenvalue weighted by Gasteiger charge is 2.17. The molecule has 0 unspecified atom stereocenters. The van der Waals surface area contributed by atoms with Gasteiger partial charge in [-0.25, -0.2) is 9.37 Å². The molecular formula is C15H11FN4O2S. The topological polar surface area (TPSA) is 81.0 Å². The van der Waals surface area contributed by atoms with Crippen molar-refractivity contribution in [2.45, 2.75) is 6.54 Å². The molecule has 0 spiro atoms. The van der Waals surface area contributed by atoms with Crippen LogP contribution in [-0.2, 0) is 6.54 Å². The summed E-state index contributed by atoms with van der Waals surface area (Å²) in [6, 6.07) is 7.48. The van der Waals surface area contributed by atoms with Crippen LogP contribution in [0.15, 0.2) is 48.1 Å². The molecule has 8 heteroatoms. The number of nitro groups is 1. The lowest BCUT2D eigenvalue weighted by Gasteiger charge is -2.05. The van der Waals surface area contributed by atoms with Gasteiger partial charge in [0.15, 0.2) is 0 Å². The van der Waals surface area contributed by atoms with Crippen LogP contribution in [-0.4, -0.2) is 14.9 Å². The van der Waals surface area contributed by atoms with Gasteiger partial charge in [-0.05, 0) is 18.2 Å². The maximum atomic E-state index is 13.8. The van der Waals surface area contributed by atoms with Crippen LogP contribution in [0.4, 0.5) is 15.9 Å². The van der Waals surface area contributed by atoms with E-state index in [1.165, 1.54) is 29.5 Å². The molecule has 1 aromatic carbocycles. The number of aromatic nitrogens is 2. The van der Waals surface area contributed by atoms with E-state index < -0.39 is 10.7 Å². The lowest BCUT2D eigenvalue weighted by molar-refractivity contribution is -0.385. The molecule has 2 heterocycles. The Morgan fingerprint density at radius 3 is 2.78 bits per heavy atom. The van der Waals surface area contributed by atoms with Crippen molar-refractivity contribution in [3.63, 3.8) is 0 Å². The molecule has 2 aromatic heterocycles. The zero-order valence-corrected chi connectivity index (χ0v) is 12.6. The molecule has 3 rings (SSSR count). The zero-order chi connectivity index (χ0) is 16.2. The van der Waals surface area contributed by atoms with Crippen molar-refractivity contribution in [1.29, 1.82) is 0 Å². The van der Waals surface area contributed by atoms with Crippen molar-refractivity contribution in [3.8, 4) is 10.6 Å². The molecule has 0 saturated heterocycles. The predicted octanol–water partition coefficient (Wildman–Crippen LogP) is 3.86. The molecular weight excluding hydrogens is 319 g/mol. The first-order chi connectivity index (χ1) is 11.1. The zero-order valence-electron chi connectivity index (χ0n) is 11.8. The summed E-state index contributed by atoms with van der Waals surface area (Å²) in [5, 5.41) is 16.5. The fraction of sp³-hybridized carbons (Fsp3) is 0.0667. The quantitative estimate of drug-likeness (QED) is 0.567. The molecule has 0 aliphatic heterocycles. The minimum atomic E-state index is -0.615. The number of benzene rings is 1. The van der Waals surface area contributed by atoms with E-state index in [1.54, 1.807) is 17.8 Å². The summed E-state index contributed by atoms with van der Waals surface area (Å²) in [5.41, 5.74) is 0.688. The van der Waals surface area contributed by atoms with E-state index in [0.29, 0.717) is 5.82 Å². The Bertz CT molecular complexity index is 839. The molecule has 0 radical (unpaired) electrons. The minimum absolute atomic E-state index is 0.0101. The summed E-state index contributed by atoms with van der Waals surface area (Å²) in [6.07, 6.45) is 3.35. The van der Waals surface area contributed by atoms with Crippen molar-refractivity contribution in [3.05, 3.63) is 69.6 Å². The van der Waals surface area contributed by atoms with Gasteiger partial charge >= 0.3 is 0 Å². The van der Waals surface area contributed by atoms with Crippen LogP contribution in [0.1, 0.15) is 5.56 Å². The number of thiazole rings is 1. The van der Waals surface area contributed by atoms with Crippen molar-refractivity contribution >= 4 is 22.8 Å². The molecule has 6 nitrogen and oxygen atoms in total. The lowest BCUT2D eigenvalue weighted by atomic mass is 10.1. The van der Waals surface area contributed by atoms with Gasteiger partial charge in [0.25, 0.3) is 5.69 Å². The van der Waals surface area contributed by atoms with Gasteiger partial charge in [-0.2, -0.15) is 0 Å². The van der Waals surface area contributed by atoms with Crippen LogP contribution in [0.5, 0.6) is 0 Å². The minimum Gasteiger partial charge on any atom is -0.365 e. The van der Waals surface area contributed by atoms with Gasteiger partial charge in [-0.3, -0.25) is 15.1 Å². The van der Waals surface area contributed by atoms with Gasteiger partial charge in [0.05, 0.1) is 17.0 Å². The third kappa shape index (κ3) is 3.32. The molecule has 0 saturated carbocycles. The summed E-state index contributed by atoms with van der Waals surface area (Å²) in [6.45, 7) is -0.0114. The van der Waals surface area contributed by atoms with Crippen LogP contribution in [0, 0.1) is 15.9 Å². The van der Waals surface area contributed by atoms with Crippen LogP contribution >= 0.6 is 11.3 Å². The molecule has 3 aromatic rings. The van der Waals surface area contributed by atoms with Crippen LogP contribution < -0.4 is 5.32 Å². The van der Waals surface area contributed by atoms with E-state index in [2.05, 4.69) is 15.3 Å². The van der Waals surface area contributed by atoms with Crippen LogP contribution in [0.25, 0.3) is 10.6 Å². The average molecular weight is 330 g/mol. The summed E-state index contributed by atoms with van der Waals surface area (Å²) in [4.78, 5) is 18.7. The second-order valence-electron chi connectivity index (χ2n) is 4.62. The second kappa shape index (κ2) is 6.49. The van der Waals surface area contributed by atoms with E-state index >= 15 is 0 Å². The third-order valence-electron chi connectivity index (χ3n) is 3.17. The molecule has 1 N–H and O–H groups in total. The molecule has 0 atom stereocenters. The van der Waals surface area contributed by atoms with Gasteiger partial charge in [0.2, 0.25) is 0 Å². The summed E-state index contributed by atoms with van der Waals surface area (Å²) in [5.74, 6) is -0.0735. The highest BCUT2D eigenvalue weighted by Crippen LogP contribution is 2.27. The van der Waals surface area contributed by atoms with Crippen molar-refractivity contribution in [1.82, 2.24) is 9.97 Å². The normalized spacial score (nSPS) is 10.5. The number of hydrogen-bond acceptors (Lipinski definition) is 6. The number of nitrogens with zero attached hydrogens (tertiary/aromatic N) is 3. The van der Waals surface area contributed by atoms with Gasteiger partial charge in [-0.1, -0.05) is 6.07 Å². The van der Waals surface area contributed by atoms with Crippen molar-refractivity contribution in [2.24, 2.45) is 0 Å². The van der Waals surface area contributed by atoms with E-state index in [9.17, 15) is 14.5 Å². The lowest BCUT2D eigenvalue weighted by Crippen LogP contribution is -2.05. The fourth-order valence-electron chi connectivity index (χ4n) is 2.05. The highest BCUT2D eigenvalue weighted by atomic mass is 32.1. The SMILES string of the molecule is O=[N+]([O-])c1cccc(F)c1CNc1csc(-c2ccncc2)n1. The largest absolute Gasteiger partial charge is 0.365 e. The maximum absolute atomic E-state index is 13.8. The number of nitro benzene ring substituents is 1. The first-order valence-electron chi connectivity index (χ1n) is 6.66. The maximum Gasteiger partial charge on any atom is 0.277 e. The van der Waals surface area contributed by atoms with E-state index in [-0.39, 0.29) is 17.8 Å². The molecule has 0 bridgehead atoms. The highest BCUT2D eigenvalue weighted by molar-refractivity contribution is 7.13. The standard InChI is InChI=1S/C15H11FN4O2S/c16-12-2-1-3-13(20(21)22)11(12)8-18-14-9-23-15(19-14)10-4-6-17-7-5-10/h1-7,9,18H,8H2. The van der Waals surface area contributed by atoms with Crippen molar-refractivity contribution in [2.75, 3.05) is 5.32 Å². The summed E-state index contributed by atoms with van der Waals surface area (Å²) < 4.78 is 13.8. The number of nitrogens with one attached hydrogen (secondary N) is 1. The molecule has 0 amide bonds. The molecule has 0 fully saturated rings. The van der Waals surface area contributed by atoms with E-state index in [4.69, 9.17) is 0 Å². The Hall–Kier alpha value is -2.87. The molecule has 0 aliphatic rings.